The van der Waals surface area contributed by atoms with Crippen LogP contribution in [0.4, 0.5) is 11.4 Å². The van der Waals surface area contributed by atoms with Crippen molar-refractivity contribution in [3.63, 3.8) is 0 Å². The van der Waals surface area contributed by atoms with Gasteiger partial charge in [-0.2, -0.15) is 0 Å². The number of rotatable bonds is 5. The van der Waals surface area contributed by atoms with E-state index in [2.05, 4.69) is 5.32 Å². The van der Waals surface area contributed by atoms with Crippen LogP contribution in [0.2, 0.25) is 18.6 Å². The van der Waals surface area contributed by atoms with Crippen LogP contribution >= 0.6 is 0 Å². The van der Waals surface area contributed by atoms with Gasteiger partial charge in [-0.1, -0.05) is 19.8 Å². The maximum atomic E-state index is 13.7. The SMILES string of the molecule is C[C@H]1[C@H]([Si](C)(C)O)[C@@H](CC(=O)N2CCC[C@H]2CO)O[C@]12C(=O)Nc1ccc(N3CCCCCCC3=O)cc12. The maximum Gasteiger partial charge on any atom is 0.261 e. The second-order valence-corrected chi connectivity index (χ2v) is 16.0. The highest BCUT2D eigenvalue weighted by Crippen LogP contribution is 2.58. The molecule has 4 aliphatic heterocycles. The molecule has 10 heteroatoms. The second kappa shape index (κ2) is 10.4. The molecule has 1 aromatic rings. The fourth-order valence-corrected chi connectivity index (χ4v) is 9.88. The molecule has 0 aromatic heterocycles. The molecule has 3 amide bonds. The van der Waals surface area contributed by atoms with Gasteiger partial charge in [-0.05, 0) is 57.0 Å². The molecule has 0 saturated carbocycles. The Balaban J connectivity index is 1.50. The fraction of sp³-hybridized carbons (Fsp3) is 0.679. The number of benzene rings is 1. The van der Waals surface area contributed by atoms with Gasteiger partial charge >= 0.3 is 0 Å². The van der Waals surface area contributed by atoms with Crippen molar-refractivity contribution in [2.45, 2.75) is 94.7 Å². The van der Waals surface area contributed by atoms with Crippen LogP contribution in [0.25, 0.3) is 0 Å². The summed E-state index contributed by atoms with van der Waals surface area (Å²) in [5, 5.41) is 12.7. The highest BCUT2D eigenvalue weighted by atomic mass is 28.4. The molecule has 0 unspecified atom stereocenters. The first-order chi connectivity index (χ1) is 18.1. The number of ether oxygens (including phenoxy) is 1. The molecule has 4 heterocycles. The highest BCUT2D eigenvalue weighted by Gasteiger charge is 2.65. The van der Waals surface area contributed by atoms with Crippen LogP contribution in [0.3, 0.4) is 0 Å². The summed E-state index contributed by atoms with van der Waals surface area (Å²) in [6, 6.07) is 5.42. The molecule has 0 bridgehead atoms. The van der Waals surface area contributed by atoms with Gasteiger partial charge in [-0.25, -0.2) is 0 Å². The molecule has 1 spiro atoms. The van der Waals surface area contributed by atoms with E-state index in [9.17, 15) is 24.3 Å². The van der Waals surface area contributed by atoms with Crippen molar-refractivity contribution >= 4 is 37.4 Å². The minimum Gasteiger partial charge on any atom is -0.432 e. The van der Waals surface area contributed by atoms with Crippen molar-refractivity contribution in [1.29, 1.82) is 0 Å². The Bertz CT molecular complexity index is 1110. The lowest BCUT2D eigenvalue weighted by atomic mass is 9.82. The third-order valence-corrected chi connectivity index (χ3v) is 11.6. The summed E-state index contributed by atoms with van der Waals surface area (Å²) in [6.45, 7) is 6.77. The Morgan fingerprint density at radius 3 is 2.66 bits per heavy atom. The Labute approximate surface area is 225 Å². The summed E-state index contributed by atoms with van der Waals surface area (Å²) < 4.78 is 6.66. The highest BCUT2D eigenvalue weighted by molar-refractivity contribution is 6.71. The summed E-state index contributed by atoms with van der Waals surface area (Å²) in [4.78, 5) is 54.9. The molecular formula is C28H41N3O6Si. The van der Waals surface area contributed by atoms with Gasteiger partial charge in [0.2, 0.25) is 11.8 Å². The predicted octanol–water partition coefficient (Wildman–Crippen LogP) is 3.11. The Hall–Kier alpha value is -2.27. The first kappa shape index (κ1) is 27.3. The zero-order valence-electron chi connectivity index (χ0n) is 22.7. The normalized spacial score (nSPS) is 31.9. The van der Waals surface area contributed by atoms with E-state index in [0.29, 0.717) is 30.8 Å². The molecule has 3 N–H and O–H groups in total. The van der Waals surface area contributed by atoms with Gasteiger partial charge in [0.1, 0.15) is 0 Å². The zero-order valence-corrected chi connectivity index (χ0v) is 23.7. The topological polar surface area (TPSA) is 119 Å². The van der Waals surface area contributed by atoms with Crippen LogP contribution in [-0.4, -0.2) is 72.7 Å². The number of carbonyl (C=O) groups is 3. The number of aliphatic hydroxyl groups excluding tert-OH is 1. The van der Waals surface area contributed by atoms with Crippen LogP contribution in [0, 0.1) is 5.92 Å². The summed E-state index contributed by atoms with van der Waals surface area (Å²) in [6.07, 6.45) is 5.51. The summed E-state index contributed by atoms with van der Waals surface area (Å²) in [7, 11) is -2.89. The summed E-state index contributed by atoms with van der Waals surface area (Å²) in [5.41, 5.74) is 0.372. The van der Waals surface area contributed by atoms with Gasteiger partial charge in [0.05, 0.1) is 25.2 Å². The minimum absolute atomic E-state index is 0.0527. The quantitative estimate of drug-likeness (QED) is 0.491. The number of nitrogens with one attached hydrogen (secondary N) is 1. The van der Waals surface area contributed by atoms with Gasteiger partial charge in [-0.15, -0.1) is 0 Å². The summed E-state index contributed by atoms with van der Waals surface area (Å²) in [5.74, 6) is -0.689. The van der Waals surface area contributed by atoms with Gasteiger partial charge in [0, 0.05) is 47.9 Å². The average Bonchev–Trinajstić information content (AvgIpc) is 3.52. The molecule has 3 saturated heterocycles. The number of anilines is 2. The Morgan fingerprint density at radius 1 is 1.16 bits per heavy atom. The van der Waals surface area contributed by atoms with E-state index in [1.807, 2.05) is 43.1 Å². The second-order valence-electron chi connectivity index (χ2n) is 12.0. The monoisotopic (exact) mass is 543 g/mol. The molecule has 0 aliphatic carbocycles. The number of aliphatic hydroxyl groups is 1. The Morgan fingerprint density at radius 2 is 1.92 bits per heavy atom. The number of hydrogen-bond donors (Lipinski definition) is 3. The Kier molecular flexibility index (Phi) is 7.45. The number of hydrogen-bond acceptors (Lipinski definition) is 6. The molecule has 5 atom stereocenters. The average molecular weight is 544 g/mol. The number of likely N-dealkylation sites (tertiary alicyclic amines) is 1. The van der Waals surface area contributed by atoms with E-state index >= 15 is 0 Å². The van der Waals surface area contributed by atoms with Crippen LogP contribution in [0.15, 0.2) is 18.2 Å². The standard InChI is InChI=1S/C28H41N3O6Si/c1-18-26(38(2,3)36)23(16-25(34)31-14-8-9-20(31)17-32)37-28(18)21-15-19(11-12-22(21)29-27(28)35)30-13-7-5-4-6-10-24(30)33/h11-12,15,18,20,23,26,32,36H,4-10,13-14,16-17H2,1-3H3,(H,29,35)/t18-,20-,23+,26-,28+/m0/s1. The van der Waals surface area contributed by atoms with Gasteiger partial charge < -0.3 is 29.8 Å². The van der Waals surface area contributed by atoms with E-state index < -0.39 is 20.0 Å². The third-order valence-electron chi connectivity index (χ3n) is 9.14. The number of amides is 3. The third kappa shape index (κ3) is 4.59. The van der Waals surface area contributed by atoms with Crippen LogP contribution in [0.1, 0.15) is 63.9 Å². The van der Waals surface area contributed by atoms with Gasteiger partial charge in [0.25, 0.3) is 5.91 Å². The smallest absolute Gasteiger partial charge is 0.261 e. The predicted molar refractivity (Wildman–Crippen MR) is 146 cm³/mol. The fourth-order valence-electron chi connectivity index (χ4n) is 7.33. The van der Waals surface area contributed by atoms with E-state index in [1.54, 1.807) is 4.90 Å². The lowest BCUT2D eigenvalue weighted by Crippen LogP contribution is -2.44. The van der Waals surface area contributed by atoms with Crippen molar-refractivity contribution in [2.75, 3.05) is 29.9 Å². The van der Waals surface area contributed by atoms with Crippen LogP contribution in [0.5, 0.6) is 0 Å². The molecule has 9 nitrogen and oxygen atoms in total. The van der Waals surface area contributed by atoms with Crippen molar-refractivity contribution in [1.82, 2.24) is 4.90 Å². The summed E-state index contributed by atoms with van der Waals surface area (Å²) >= 11 is 0. The largest absolute Gasteiger partial charge is 0.432 e. The molecule has 4 aliphatic rings. The van der Waals surface area contributed by atoms with Crippen LogP contribution < -0.4 is 10.2 Å². The first-order valence-corrected chi connectivity index (χ1v) is 17.2. The van der Waals surface area contributed by atoms with Gasteiger partial charge in [-0.3, -0.25) is 14.4 Å². The minimum atomic E-state index is -2.89. The number of nitrogens with zero attached hydrogens (tertiary/aromatic N) is 2. The molecule has 208 valence electrons. The molecular weight excluding hydrogens is 502 g/mol. The molecule has 5 rings (SSSR count). The molecule has 3 fully saturated rings. The lowest BCUT2D eigenvalue weighted by Gasteiger charge is -2.32. The molecule has 0 radical (unpaired) electrons. The maximum absolute atomic E-state index is 13.7. The number of fused-ring (bicyclic) bond motifs is 2. The van der Waals surface area contributed by atoms with E-state index in [0.717, 1.165) is 44.2 Å². The van der Waals surface area contributed by atoms with E-state index in [4.69, 9.17) is 4.74 Å². The molecule has 38 heavy (non-hydrogen) atoms. The van der Waals surface area contributed by atoms with Crippen LogP contribution in [-0.2, 0) is 24.7 Å². The lowest BCUT2D eigenvalue weighted by molar-refractivity contribution is -0.148. The first-order valence-electron chi connectivity index (χ1n) is 14.1. The molecule has 1 aromatic carbocycles. The number of carbonyl (C=O) groups excluding carboxylic acids is 3. The van der Waals surface area contributed by atoms with E-state index in [-0.39, 0.29) is 48.3 Å². The van der Waals surface area contributed by atoms with Crippen molar-refractivity contribution in [3.8, 4) is 0 Å². The van der Waals surface area contributed by atoms with E-state index in [1.165, 1.54) is 0 Å². The van der Waals surface area contributed by atoms with Crippen molar-refractivity contribution in [3.05, 3.63) is 23.8 Å². The van der Waals surface area contributed by atoms with Gasteiger partial charge in [0.15, 0.2) is 13.9 Å². The van der Waals surface area contributed by atoms with Crippen molar-refractivity contribution < 1.29 is 29.0 Å². The van der Waals surface area contributed by atoms with Crippen molar-refractivity contribution in [2.24, 2.45) is 5.92 Å². The zero-order chi connectivity index (χ0) is 27.2.